The van der Waals surface area contributed by atoms with Crippen molar-refractivity contribution in [2.24, 2.45) is 11.1 Å². The highest BCUT2D eigenvalue weighted by atomic mass is 16.2. The molecule has 0 saturated heterocycles. The Morgan fingerprint density at radius 1 is 1.00 bits per heavy atom. The van der Waals surface area contributed by atoms with Gasteiger partial charge in [0.05, 0.1) is 0 Å². The van der Waals surface area contributed by atoms with E-state index < -0.39 is 5.91 Å². The van der Waals surface area contributed by atoms with Gasteiger partial charge < -0.3 is 5.73 Å². The molecule has 0 aromatic heterocycles. The molecule has 2 N–H and O–H groups in total. The monoisotopic (exact) mass is 430 g/mol. The van der Waals surface area contributed by atoms with Gasteiger partial charge >= 0.3 is 0 Å². The predicted molar refractivity (Wildman–Crippen MR) is 125 cm³/mol. The van der Waals surface area contributed by atoms with Crippen molar-refractivity contribution in [1.82, 2.24) is 0 Å². The van der Waals surface area contributed by atoms with Crippen LogP contribution in [0.25, 0.3) is 0 Å². The van der Waals surface area contributed by atoms with E-state index in [0.717, 1.165) is 16.8 Å². The van der Waals surface area contributed by atoms with Crippen molar-refractivity contribution >= 4 is 23.3 Å². The molecule has 2 aliphatic rings. The van der Waals surface area contributed by atoms with Crippen molar-refractivity contribution in [3.8, 4) is 0 Å². The first-order valence-corrected chi connectivity index (χ1v) is 11.2. The van der Waals surface area contributed by atoms with Gasteiger partial charge in [0, 0.05) is 41.3 Å². The second kappa shape index (κ2) is 8.05. The molecular weight excluding hydrogens is 400 g/mol. The van der Waals surface area contributed by atoms with Crippen LogP contribution in [-0.2, 0) is 9.59 Å². The fourth-order valence-electron chi connectivity index (χ4n) is 4.89. The van der Waals surface area contributed by atoms with E-state index in [4.69, 9.17) is 5.73 Å². The number of allylic oxidation sites excluding steroid dienone is 2. The molecule has 1 unspecified atom stereocenters. The maximum absolute atomic E-state index is 13.4. The average Bonchev–Trinajstić information content (AvgIpc) is 2.72. The summed E-state index contributed by atoms with van der Waals surface area (Å²) in [4.78, 5) is 39.9. The summed E-state index contributed by atoms with van der Waals surface area (Å²) in [5.41, 5.74) is 9.96. The van der Waals surface area contributed by atoms with Gasteiger partial charge in [-0.2, -0.15) is 0 Å². The number of carbonyl (C=O) groups excluding carboxylic acids is 3. The van der Waals surface area contributed by atoms with Crippen molar-refractivity contribution in [1.29, 1.82) is 0 Å². The molecular formula is C27H30N2O3. The van der Waals surface area contributed by atoms with Crippen LogP contribution >= 0.6 is 0 Å². The van der Waals surface area contributed by atoms with Gasteiger partial charge in [-0.05, 0) is 53.1 Å². The van der Waals surface area contributed by atoms with Crippen LogP contribution in [0.15, 0.2) is 59.8 Å². The first kappa shape index (κ1) is 22.0. The van der Waals surface area contributed by atoms with E-state index in [1.54, 1.807) is 29.2 Å². The lowest BCUT2D eigenvalue weighted by atomic mass is 9.69. The minimum atomic E-state index is -0.514. The minimum Gasteiger partial charge on any atom is -0.366 e. The molecule has 2 amide bonds. The number of nitrogens with two attached hydrogens (primary N) is 1. The van der Waals surface area contributed by atoms with E-state index in [1.165, 1.54) is 5.56 Å². The summed E-state index contributed by atoms with van der Waals surface area (Å²) in [6, 6.07) is 15.0. The quantitative estimate of drug-likeness (QED) is 0.735. The van der Waals surface area contributed by atoms with Crippen molar-refractivity contribution in [3.05, 3.63) is 76.5 Å². The Bertz CT molecular complexity index is 1110. The van der Waals surface area contributed by atoms with E-state index in [1.807, 2.05) is 0 Å². The van der Waals surface area contributed by atoms with Gasteiger partial charge in [0.15, 0.2) is 5.78 Å². The van der Waals surface area contributed by atoms with Gasteiger partial charge in [-0.15, -0.1) is 0 Å². The number of Topliss-reactive ketones (excluding diaryl/α,β-unsaturated/α-hetero) is 1. The maximum Gasteiger partial charge on any atom is 0.248 e. The smallest absolute Gasteiger partial charge is 0.248 e. The third kappa shape index (κ3) is 3.99. The fraction of sp³-hybridized carbons (Fsp3) is 0.370. The average molecular weight is 431 g/mol. The number of carbonyl (C=O) groups is 3. The molecule has 1 aliphatic heterocycles. The standard InChI is InChI=1S/C27H30N2O3/c1-16(2)17-5-7-18(8-6-17)21-13-24(31)29(20-11-9-19(10-12-20)26(28)32)22-14-27(3,4)15-23(30)25(21)22/h5-12,16,21H,13-15H2,1-4H3,(H2,28,32). The molecule has 0 spiro atoms. The third-order valence-corrected chi connectivity index (χ3v) is 6.56. The number of hydrogen-bond donors (Lipinski definition) is 1. The normalized spacial score (nSPS) is 20.5. The highest BCUT2D eigenvalue weighted by molar-refractivity contribution is 6.08. The largest absolute Gasteiger partial charge is 0.366 e. The van der Waals surface area contributed by atoms with Gasteiger partial charge in [0.2, 0.25) is 11.8 Å². The lowest BCUT2D eigenvalue weighted by molar-refractivity contribution is -0.121. The maximum atomic E-state index is 13.4. The van der Waals surface area contributed by atoms with Crippen LogP contribution in [0, 0.1) is 5.41 Å². The minimum absolute atomic E-state index is 0.0426. The Morgan fingerprint density at radius 3 is 2.19 bits per heavy atom. The Morgan fingerprint density at radius 2 is 1.62 bits per heavy atom. The van der Waals surface area contributed by atoms with Crippen LogP contribution < -0.4 is 10.6 Å². The van der Waals surface area contributed by atoms with Crippen LogP contribution in [-0.4, -0.2) is 17.6 Å². The molecule has 1 atom stereocenters. The highest BCUT2D eigenvalue weighted by Gasteiger charge is 2.44. The lowest BCUT2D eigenvalue weighted by Gasteiger charge is -2.43. The third-order valence-electron chi connectivity index (χ3n) is 6.56. The Hall–Kier alpha value is -3.21. The second-order valence-electron chi connectivity index (χ2n) is 10.0. The number of anilines is 1. The molecule has 0 radical (unpaired) electrons. The molecule has 1 heterocycles. The molecule has 166 valence electrons. The van der Waals surface area contributed by atoms with Crippen molar-refractivity contribution in [2.45, 2.75) is 58.8 Å². The number of nitrogens with zero attached hydrogens (tertiary/aromatic N) is 1. The summed E-state index contributed by atoms with van der Waals surface area (Å²) in [5.74, 6) is -0.258. The highest BCUT2D eigenvalue weighted by Crippen LogP contribution is 2.48. The molecule has 5 heteroatoms. The number of benzene rings is 2. The molecule has 2 aromatic carbocycles. The zero-order valence-electron chi connectivity index (χ0n) is 19.1. The first-order valence-electron chi connectivity index (χ1n) is 11.2. The van der Waals surface area contributed by atoms with Crippen molar-refractivity contribution in [3.63, 3.8) is 0 Å². The van der Waals surface area contributed by atoms with Gasteiger partial charge in [-0.25, -0.2) is 0 Å². The second-order valence-corrected chi connectivity index (χ2v) is 10.0. The summed E-state index contributed by atoms with van der Waals surface area (Å²) in [6.45, 7) is 8.42. The number of hydrogen-bond acceptors (Lipinski definition) is 3. The Kier molecular flexibility index (Phi) is 5.53. The number of rotatable bonds is 4. The van der Waals surface area contributed by atoms with Crippen molar-refractivity contribution in [2.75, 3.05) is 4.90 Å². The summed E-state index contributed by atoms with van der Waals surface area (Å²) in [6.07, 6.45) is 1.34. The lowest BCUT2D eigenvalue weighted by Crippen LogP contribution is -2.43. The summed E-state index contributed by atoms with van der Waals surface area (Å²) in [5, 5.41) is 0. The van der Waals surface area contributed by atoms with E-state index in [2.05, 4.69) is 52.0 Å². The zero-order chi connectivity index (χ0) is 23.2. The van der Waals surface area contributed by atoms with Gasteiger partial charge in [0.1, 0.15) is 0 Å². The van der Waals surface area contributed by atoms with Gasteiger partial charge in [0.25, 0.3) is 0 Å². The topological polar surface area (TPSA) is 80.5 Å². The molecule has 1 aliphatic carbocycles. The molecule has 2 aromatic rings. The number of primary amides is 1. The Balaban J connectivity index is 1.82. The summed E-state index contributed by atoms with van der Waals surface area (Å²) in [7, 11) is 0. The Labute approximate surface area is 189 Å². The SMILES string of the molecule is CC(C)c1ccc(C2CC(=O)N(c3ccc(C(N)=O)cc3)C3=C2C(=O)CC(C)(C)C3)cc1. The molecule has 4 rings (SSSR count). The molecule has 0 bridgehead atoms. The van der Waals surface area contributed by atoms with Crippen LogP contribution in [0.3, 0.4) is 0 Å². The first-order chi connectivity index (χ1) is 15.1. The summed E-state index contributed by atoms with van der Waals surface area (Å²) >= 11 is 0. The predicted octanol–water partition coefficient (Wildman–Crippen LogP) is 5.07. The van der Waals surface area contributed by atoms with E-state index in [9.17, 15) is 14.4 Å². The van der Waals surface area contributed by atoms with Gasteiger partial charge in [-0.1, -0.05) is 52.0 Å². The van der Waals surface area contributed by atoms with Crippen LogP contribution in [0.1, 0.15) is 80.3 Å². The van der Waals surface area contributed by atoms with E-state index in [-0.39, 0.29) is 29.4 Å². The zero-order valence-corrected chi connectivity index (χ0v) is 19.1. The van der Waals surface area contributed by atoms with Crippen LogP contribution in [0.2, 0.25) is 0 Å². The van der Waals surface area contributed by atoms with Gasteiger partial charge in [-0.3, -0.25) is 19.3 Å². The number of amides is 2. The van der Waals surface area contributed by atoms with E-state index >= 15 is 0 Å². The van der Waals surface area contributed by atoms with Crippen molar-refractivity contribution < 1.29 is 14.4 Å². The molecule has 5 nitrogen and oxygen atoms in total. The van der Waals surface area contributed by atoms with Crippen LogP contribution in [0.5, 0.6) is 0 Å². The number of ketones is 1. The molecule has 32 heavy (non-hydrogen) atoms. The molecule has 0 fully saturated rings. The van der Waals surface area contributed by atoms with E-state index in [0.29, 0.717) is 30.0 Å². The molecule has 0 saturated carbocycles. The summed E-state index contributed by atoms with van der Waals surface area (Å²) < 4.78 is 0. The van der Waals surface area contributed by atoms with Crippen LogP contribution in [0.4, 0.5) is 5.69 Å². The fourth-order valence-corrected chi connectivity index (χ4v) is 4.89.